The summed E-state index contributed by atoms with van der Waals surface area (Å²) in [6, 6.07) is 9.56. The van der Waals surface area contributed by atoms with E-state index in [1.54, 1.807) is 7.11 Å². The summed E-state index contributed by atoms with van der Waals surface area (Å²) in [5.41, 5.74) is 1.49. The van der Waals surface area contributed by atoms with Crippen LogP contribution in [0.25, 0.3) is 0 Å². The van der Waals surface area contributed by atoms with Gasteiger partial charge in [-0.3, -0.25) is 4.90 Å². The molecule has 0 aliphatic carbocycles. The number of fused-ring (bicyclic) bond motifs is 1. The molecule has 0 aromatic heterocycles. The third-order valence-electron chi connectivity index (χ3n) is 4.64. The van der Waals surface area contributed by atoms with Crippen molar-refractivity contribution in [3.63, 3.8) is 0 Å². The summed E-state index contributed by atoms with van der Waals surface area (Å²) >= 11 is 0. The highest BCUT2D eigenvalue weighted by atomic mass is 16.5. The third kappa shape index (κ3) is 2.39. The van der Waals surface area contributed by atoms with Gasteiger partial charge in [-0.2, -0.15) is 0 Å². The molecule has 2 nitrogen and oxygen atoms in total. The summed E-state index contributed by atoms with van der Waals surface area (Å²) in [5.74, 6) is 1.69. The fourth-order valence-electron chi connectivity index (χ4n) is 3.54. The minimum absolute atomic E-state index is 0.727. The lowest BCUT2D eigenvalue weighted by molar-refractivity contribution is 0.0959. The molecule has 0 radical (unpaired) electrons. The van der Waals surface area contributed by atoms with Gasteiger partial charge in [0.1, 0.15) is 5.75 Å². The molecule has 2 aliphatic heterocycles. The second-order valence-corrected chi connectivity index (χ2v) is 5.69. The van der Waals surface area contributed by atoms with Gasteiger partial charge >= 0.3 is 0 Å². The molecule has 0 saturated carbocycles. The molecule has 1 aromatic carbocycles. The van der Waals surface area contributed by atoms with E-state index in [9.17, 15) is 0 Å². The van der Waals surface area contributed by atoms with E-state index in [1.807, 2.05) is 0 Å². The van der Waals surface area contributed by atoms with Gasteiger partial charge < -0.3 is 4.74 Å². The van der Waals surface area contributed by atoms with E-state index in [2.05, 4.69) is 29.2 Å². The molecule has 2 heteroatoms. The molecule has 2 fully saturated rings. The van der Waals surface area contributed by atoms with Crippen molar-refractivity contribution in [2.75, 3.05) is 20.2 Å². The number of hydrogen-bond donors (Lipinski definition) is 0. The number of nitrogens with zero attached hydrogens (tertiary/aromatic N) is 1. The molecule has 0 N–H and O–H groups in total. The Labute approximate surface area is 110 Å². The van der Waals surface area contributed by atoms with Crippen molar-refractivity contribution in [2.45, 2.75) is 44.1 Å². The van der Waals surface area contributed by atoms with Crippen LogP contribution in [0, 0.1) is 0 Å². The SMILES string of the molecule is COc1ccc([C@H]2CC[C@H]3CCCCN3C2)cc1. The number of methoxy groups -OCH3 is 1. The van der Waals surface area contributed by atoms with Crippen LogP contribution in [0.5, 0.6) is 5.75 Å². The predicted molar refractivity (Wildman–Crippen MR) is 74.2 cm³/mol. The molecule has 2 saturated heterocycles. The standard InChI is InChI=1S/C16H23NO/c1-18-16-9-6-13(7-10-16)14-5-8-15-4-2-3-11-17(15)12-14/h6-7,9-10,14-15H,2-5,8,11-12H2,1H3/t14-,15+/m0/s1. The first-order valence-electron chi connectivity index (χ1n) is 7.25. The molecule has 0 spiro atoms. The van der Waals surface area contributed by atoms with Crippen LogP contribution < -0.4 is 4.74 Å². The summed E-state index contributed by atoms with van der Waals surface area (Å²) in [4.78, 5) is 2.72. The van der Waals surface area contributed by atoms with Gasteiger partial charge in [-0.25, -0.2) is 0 Å². The monoisotopic (exact) mass is 245 g/mol. The van der Waals surface area contributed by atoms with Crippen LogP contribution in [0.2, 0.25) is 0 Å². The van der Waals surface area contributed by atoms with E-state index in [-0.39, 0.29) is 0 Å². The molecule has 1 aromatic rings. The number of benzene rings is 1. The summed E-state index contributed by atoms with van der Waals surface area (Å²) in [5, 5.41) is 0. The Balaban J connectivity index is 1.69. The maximum absolute atomic E-state index is 5.23. The average Bonchev–Trinajstić information content (AvgIpc) is 2.47. The van der Waals surface area contributed by atoms with Crippen LogP contribution in [0.3, 0.4) is 0 Å². The maximum Gasteiger partial charge on any atom is 0.118 e. The minimum Gasteiger partial charge on any atom is -0.497 e. The van der Waals surface area contributed by atoms with Crippen molar-refractivity contribution in [2.24, 2.45) is 0 Å². The van der Waals surface area contributed by atoms with Crippen LogP contribution in [0.4, 0.5) is 0 Å². The van der Waals surface area contributed by atoms with Crippen molar-refractivity contribution in [3.8, 4) is 5.75 Å². The highest BCUT2D eigenvalue weighted by Crippen LogP contribution is 2.34. The van der Waals surface area contributed by atoms with E-state index in [1.165, 1.54) is 50.8 Å². The zero-order valence-corrected chi connectivity index (χ0v) is 11.3. The maximum atomic E-state index is 5.23. The lowest BCUT2D eigenvalue weighted by Gasteiger charge is -2.42. The smallest absolute Gasteiger partial charge is 0.118 e. The summed E-state index contributed by atoms with van der Waals surface area (Å²) in [7, 11) is 1.73. The molecular weight excluding hydrogens is 222 g/mol. The number of hydrogen-bond acceptors (Lipinski definition) is 2. The van der Waals surface area contributed by atoms with Crippen molar-refractivity contribution < 1.29 is 4.74 Å². The Morgan fingerprint density at radius 2 is 1.89 bits per heavy atom. The normalized spacial score (nSPS) is 28.7. The number of ether oxygens (including phenoxy) is 1. The Morgan fingerprint density at radius 1 is 1.06 bits per heavy atom. The van der Waals surface area contributed by atoms with Crippen molar-refractivity contribution >= 4 is 0 Å². The third-order valence-corrected chi connectivity index (χ3v) is 4.64. The Kier molecular flexibility index (Phi) is 3.55. The molecule has 18 heavy (non-hydrogen) atoms. The van der Waals surface area contributed by atoms with E-state index in [4.69, 9.17) is 4.74 Å². The van der Waals surface area contributed by atoms with Gasteiger partial charge in [-0.15, -0.1) is 0 Å². The molecule has 2 aliphatic rings. The number of rotatable bonds is 2. The topological polar surface area (TPSA) is 12.5 Å². The fourth-order valence-corrected chi connectivity index (χ4v) is 3.54. The van der Waals surface area contributed by atoms with Gasteiger partial charge in [-0.05, 0) is 55.8 Å². The van der Waals surface area contributed by atoms with Gasteiger partial charge in [0.15, 0.2) is 0 Å². The molecule has 98 valence electrons. The quantitative estimate of drug-likeness (QED) is 0.791. The lowest BCUT2D eigenvalue weighted by Crippen LogP contribution is -2.45. The number of piperidine rings is 2. The molecule has 0 bridgehead atoms. The van der Waals surface area contributed by atoms with Crippen molar-refractivity contribution in [1.29, 1.82) is 0 Å². The first kappa shape index (κ1) is 12.0. The minimum atomic E-state index is 0.727. The molecular formula is C16H23NO. The van der Waals surface area contributed by atoms with Crippen LogP contribution in [-0.2, 0) is 0 Å². The van der Waals surface area contributed by atoms with Gasteiger partial charge in [0.25, 0.3) is 0 Å². The van der Waals surface area contributed by atoms with Gasteiger partial charge in [0, 0.05) is 12.6 Å². The van der Waals surface area contributed by atoms with Crippen LogP contribution in [0.15, 0.2) is 24.3 Å². The lowest BCUT2D eigenvalue weighted by atomic mass is 9.84. The summed E-state index contributed by atoms with van der Waals surface area (Å²) in [6.45, 7) is 2.58. The van der Waals surface area contributed by atoms with Crippen molar-refractivity contribution in [1.82, 2.24) is 4.90 Å². The molecule has 0 amide bonds. The zero-order valence-electron chi connectivity index (χ0n) is 11.3. The Bertz CT molecular complexity index is 387. The highest BCUT2D eigenvalue weighted by Gasteiger charge is 2.30. The fraction of sp³-hybridized carbons (Fsp3) is 0.625. The van der Waals surface area contributed by atoms with E-state index in [0.29, 0.717) is 0 Å². The largest absolute Gasteiger partial charge is 0.497 e. The van der Waals surface area contributed by atoms with Gasteiger partial charge in [0.2, 0.25) is 0 Å². The van der Waals surface area contributed by atoms with Crippen molar-refractivity contribution in [3.05, 3.63) is 29.8 Å². The average molecular weight is 245 g/mol. The molecule has 0 unspecified atom stereocenters. The zero-order chi connectivity index (χ0) is 12.4. The highest BCUT2D eigenvalue weighted by molar-refractivity contribution is 5.30. The first-order valence-corrected chi connectivity index (χ1v) is 7.25. The molecule has 3 rings (SSSR count). The van der Waals surface area contributed by atoms with E-state index < -0.39 is 0 Å². The van der Waals surface area contributed by atoms with Gasteiger partial charge in [0.05, 0.1) is 7.11 Å². The second kappa shape index (κ2) is 5.31. The van der Waals surface area contributed by atoms with Crippen LogP contribution in [0.1, 0.15) is 43.6 Å². The molecule has 2 atom stereocenters. The second-order valence-electron chi connectivity index (χ2n) is 5.69. The molecule has 2 heterocycles. The summed E-state index contributed by atoms with van der Waals surface area (Å²) < 4.78 is 5.23. The van der Waals surface area contributed by atoms with E-state index in [0.717, 1.165) is 17.7 Å². The predicted octanol–water partition coefficient (Wildman–Crippen LogP) is 3.43. The van der Waals surface area contributed by atoms with Gasteiger partial charge in [-0.1, -0.05) is 18.6 Å². The Hall–Kier alpha value is -1.02. The van der Waals surface area contributed by atoms with Crippen LogP contribution >= 0.6 is 0 Å². The Morgan fingerprint density at radius 3 is 2.67 bits per heavy atom. The first-order chi connectivity index (χ1) is 8.86. The van der Waals surface area contributed by atoms with Crippen LogP contribution in [-0.4, -0.2) is 31.1 Å². The summed E-state index contributed by atoms with van der Waals surface area (Å²) in [6.07, 6.45) is 7.00. The van der Waals surface area contributed by atoms with E-state index >= 15 is 0 Å².